The first-order valence-electron chi connectivity index (χ1n) is 5.40. The number of rotatable bonds is 1. The lowest BCUT2D eigenvalue weighted by atomic mass is 9.88. The second kappa shape index (κ2) is 4.45. The highest BCUT2D eigenvalue weighted by atomic mass is 35.5. The molecule has 0 radical (unpaired) electrons. The van der Waals surface area contributed by atoms with Crippen molar-refractivity contribution < 1.29 is 0 Å². The summed E-state index contributed by atoms with van der Waals surface area (Å²) in [6.45, 7) is 6.23. The number of hydrogen-bond acceptors (Lipinski definition) is 3. The zero-order valence-electron chi connectivity index (χ0n) is 9.18. The topological polar surface area (TPSA) is 37.8 Å². The Hall–Kier alpha value is -0.670. The molecule has 15 heavy (non-hydrogen) atoms. The van der Waals surface area contributed by atoms with E-state index >= 15 is 0 Å². The van der Waals surface area contributed by atoms with Crippen LogP contribution in [0.25, 0.3) is 0 Å². The molecule has 0 atom stereocenters. The first kappa shape index (κ1) is 10.8. The van der Waals surface area contributed by atoms with Crippen LogP contribution in [0.3, 0.4) is 0 Å². The molecule has 1 aliphatic rings. The minimum absolute atomic E-state index is 0.364. The molecule has 1 fully saturated rings. The Bertz CT molecular complexity index is 336. The lowest BCUT2D eigenvalue weighted by Crippen LogP contribution is -2.27. The molecule has 2 heterocycles. The summed E-state index contributed by atoms with van der Waals surface area (Å²) in [5.74, 6) is 0.600. The number of hydrogen-bond donors (Lipinski definition) is 1. The summed E-state index contributed by atoms with van der Waals surface area (Å²) >= 11 is 5.83. The highest BCUT2D eigenvalue weighted by Crippen LogP contribution is 2.29. The normalized spacial score (nSPS) is 18.1. The summed E-state index contributed by atoms with van der Waals surface area (Å²) in [5.41, 5.74) is 3.39. The van der Waals surface area contributed by atoms with Crippen molar-refractivity contribution in [3.05, 3.63) is 22.2 Å². The Balaban J connectivity index is 2.33. The van der Waals surface area contributed by atoms with Gasteiger partial charge >= 0.3 is 0 Å². The highest BCUT2D eigenvalue weighted by Gasteiger charge is 2.20. The second-order valence-electron chi connectivity index (χ2n) is 4.10. The molecule has 0 amide bonds. The molecular weight excluding hydrogens is 210 g/mol. The zero-order chi connectivity index (χ0) is 10.8. The van der Waals surface area contributed by atoms with Crippen LogP contribution in [0, 0.1) is 13.8 Å². The first-order valence-corrected chi connectivity index (χ1v) is 5.77. The Morgan fingerprint density at radius 1 is 1.13 bits per heavy atom. The van der Waals surface area contributed by atoms with Crippen molar-refractivity contribution in [2.24, 2.45) is 0 Å². The second-order valence-corrected chi connectivity index (χ2v) is 4.44. The third-order valence-corrected chi connectivity index (χ3v) is 3.22. The molecule has 0 spiro atoms. The van der Waals surface area contributed by atoms with Gasteiger partial charge in [-0.05, 0) is 62.9 Å². The Kier molecular flexibility index (Phi) is 3.22. The maximum absolute atomic E-state index is 5.83. The maximum atomic E-state index is 5.83. The van der Waals surface area contributed by atoms with Crippen molar-refractivity contribution >= 4 is 11.6 Å². The van der Waals surface area contributed by atoms with Crippen LogP contribution in [0.4, 0.5) is 0 Å². The number of halogens is 1. The molecule has 1 N–H and O–H groups in total. The average molecular weight is 226 g/mol. The SMILES string of the molecule is Cc1nc(Cl)nc(C)c1C1CCNCC1. The van der Waals surface area contributed by atoms with Crippen LogP contribution in [0.2, 0.25) is 5.28 Å². The molecular formula is C11H16ClN3. The van der Waals surface area contributed by atoms with E-state index < -0.39 is 0 Å². The van der Waals surface area contributed by atoms with Gasteiger partial charge in [-0.25, -0.2) is 9.97 Å². The van der Waals surface area contributed by atoms with Gasteiger partial charge in [0.05, 0.1) is 0 Å². The molecule has 0 saturated carbocycles. The van der Waals surface area contributed by atoms with Gasteiger partial charge in [0.15, 0.2) is 0 Å². The quantitative estimate of drug-likeness (QED) is 0.745. The van der Waals surface area contributed by atoms with Crippen LogP contribution < -0.4 is 5.32 Å². The van der Waals surface area contributed by atoms with E-state index in [1.54, 1.807) is 0 Å². The zero-order valence-corrected chi connectivity index (χ0v) is 9.93. The van der Waals surface area contributed by atoms with Crippen molar-refractivity contribution in [2.45, 2.75) is 32.6 Å². The molecule has 2 rings (SSSR count). The summed E-state index contributed by atoms with van der Waals surface area (Å²) in [4.78, 5) is 8.49. The van der Waals surface area contributed by atoms with Gasteiger partial charge in [0.2, 0.25) is 5.28 Å². The lowest BCUT2D eigenvalue weighted by Gasteiger charge is -2.25. The van der Waals surface area contributed by atoms with Gasteiger partial charge in [-0.3, -0.25) is 0 Å². The standard InChI is InChI=1S/C11H16ClN3/c1-7-10(8(2)15-11(12)14-7)9-3-5-13-6-4-9/h9,13H,3-6H2,1-2H3. The largest absolute Gasteiger partial charge is 0.317 e. The van der Waals surface area contributed by atoms with Crippen molar-refractivity contribution in [3.8, 4) is 0 Å². The molecule has 1 saturated heterocycles. The van der Waals surface area contributed by atoms with E-state index in [0.29, 0.717) is 11.2 Å². The molecule has 0 aliphatic carbocycles. The summed E-state index contributed by atoms with van der Waals surface area (Å²) < 4.78 is 0. The number of aryl methyl sites for hydroxylation is 2. The first-order chi connectivity index (χ1) is 7.18. The van der Waals surface area contributed by atoms with E-state index in [0.717, 1.165) is 24.5 Å². The molecule has 82 valence electrons. The van der Waals surface area contributed by atoms with E-state index in [1.165, 1.54) is 18.4 Å². The van der Waals surface area contributed by atoms with Crippen LogP contribution >= 0.6 is 11.6 Å². The third kappa shape index (κ3) is 2.29. The smallest absolute Gasteiger partial charge is 0.222 e. The van der Waals surface area contributed by atoms with Gasteiger partial charge in [-0.2, -0.15) is 0 Å². The molecule has 0 bridgehead atoms. The van der Waals surface area contributed by atoms with Crippen LogP contribution in [0.1, 0.15) is 35.7 Å². The maximum Gasteiger partial charge on any atom is 0.222 e. The van der Waals surface area contributed by atoms with E-state index in [4.69, 9.17) is 11.6 Å². The molecule has 1 aliphatic heterocycles. The fourth-order valence-corrected chi connectivity index (χ4v) is 2.64. The number of nitrogens with zero attached hydrogens (tertiary/aromatic N) is 2. The molecule has 0 unspecified atom stereocenters. The predicted octanol–water partition coefficient (Wildman–Crippen LogP) is 2.21. The summed E-state index contributed by atoms with van der Waals surface area (Å²) in [6, 6.07) is 0. The van der Waals surface area contributed by atoms with Gasteiger partial charge < -0.3 is 5.32 Å². The molecule has 0 aromatic carbocycles. The van der Waals surface area contributed by atoms with Crippen molar-refractivity contribution in [2.75, 3.05) is 13.1 Å². The van der Waals surface area contributed by atoms with E-state index in [1.807, 2.05) is 13.8 Å². The van der Waals surface area contributed by atoms with E-state index in [9.17, 15) is 0 Å². The van der Waals surface area contributed by atoms with Crippen molar-refractivity contribution in [1.29, 1.82) is 0 Å². The van der Waals surface area contributed by atoms with Crippen LogP contribution in [-0.2, 0) is 0 Å². The predicted molar refractivity (Wildman–Crippen MR) is 61.4 cm³/mol. The van der Waals surface area contributed by atoms with Crippen LogP contribution in [-0.4, -0.2) is 23.1 Å². The molecule has 3 nitrogen and oxygen atoms in total. The summed E-state index contributed by atoms with van der Waals surface area (Å²) in [7, 11) is 0. The van der Waals surface area contributed by atoms with E-state index in [-0.39, 0.29) is 0 Å². The minimum Gasteiger partial charge on any atom is -0.317 e. The fourth-order valence-electron chi connectivity index (χ4n) is 2.39. The van der Waals surface area contributed by atoms with Crippen LogP contribution in [0.15, 0.2) is 0 Å². The van der Waals surface area contributed by atoms with Gasteiger partial charge in [-0.15, -0.1) is 0 Å². The number of aromatic nitrogens is 2. The Morgan fingerprint density at radius 2 is 1.67 bits per heavy atom. The molecule has 1 aromatic rings. The number of piperidine rings is 1. The van der Waals surface area contributed by atoms with Crippen molar-refractivity contribution in [1.82, 2.24) is 15.3 Å². The Morgan fingerprint density at radius 3 is 2.20 bits per heavy atom. The summed E-state index contributed by atoms with van der Waals surface area (Å²) in [6.07, 6.45) is 2.35. The summed E-state index contributed by atoms with van der Waals surface area (Å²) in [5, 5.41) is 3.73. The molecule has 1 aromatic heterocycles. The van der Waals surface area contributed by atoms with Gasteiger partial charge in [0.25, 0.3) is 0 Å². The Labute approximate surface area is 95.3 Å². The van der Waals surface area contributed by atoms with Gasteiger partial charge in [-0.1, -0.05) is 0 Å². The van der Waals surface area contributed by atoms with Crippen molar-refractivity contribution in [3.63, 3.8) is 0 Å². The number of nitrogens with one attached hydrogen (secondary N) is 1. The third-order valence-electron chi connectivity index (χ3n) is 3.05. The average Bonchev–Trinajstić information content (AvgIpc) is 2.17. The van der Waals surface area contributed by atoms with Crippen LogP contribution in [0.5, 0.6) is 0 Å². The minimum atomic E-state index is 0.364. The van der Waals surface area contributed by atoms with Gasteiger partial charge in [0.1, 0.15) is 0 Å². The molecule has 4 heteroatoms. The van der Waals surface area contributed by atoms with E-state index in [2.05, 4.69) is 15.3 Å². The lowest BCUT2D eigenvalue weighted by molar-refractivity contribution is 0.455. The highest BCUT2D eigenvalue weighted by molar-refractivity contribution is 6.28. The monoisotopic (exact) mass is 225 g/mol. The van der Waals surface area contributed by atoms with Gasteiger partial charge in [0, 0.05) is 11.4 Å². The fraction of sp³-hybridized carbons (Fsp3) is 0.636.